The van der Waals surface area contributed by atoms with Crippen LogP contribution in [0.1, 0.15) is 30.7 Å². The minimum atomic E-state index is -0.883. The number of carbonyl (C=O) groups is 1. The van der Waals surface area contributed by atoms with Crippen molar-refractivity contribution in [2.75, 3.05) is 7.11 Å². The van der Waals surface area contributed by atoms with E-state index in [0.717, 1.165) is 16.6 Å². The van der Waals surface area contributed by atoms with Gasteiger partial charge in [-0.05, 0) is 61.4 Å². The standard InChI is InChI=1S/C29H24FNO4/c1-29(2)27(20-11-15-23(30)25(16-20)33-3)26(28(32)35-29)19-9-13-22(14-10-19)34-17-21-12-8-18-6-4-5-7-24(18)31-21/h4-16H,17H2,1-3H3. The number of hydrogen-bond donors (Lipinski definition) is 0. The lowest BCUT2D eigenvalue weighted by Gasteiger charge is -2.22. The second-order valence-corrected chi connectivity index (χ2v) is 8.81. The molecule has 35 heavy (non-hydrogen) atoms. The molecule has 5 nitrogen and oxygen atoms in total. The number of hydrogen-bond acceptors (Lipinski definition) is 5. The molecule has 0 bridgehead atoms. The maximum atomic E-state index is 14.0. The van der Waals surface area contributed by atoms with Crippen LogP contribution in [0.5, 0.6) is 11.5 Å². The lowest BCUT2D eigenvalue weighted by Crippen LogP contribution is -2.22. The average molecular weight is 470 g/mol. The SMILES string of the molecule is COc1cc(C2=C(c3ccc(OCc4ccc5ccccc5n4)cc3)C(=O)OC2(C)C)ccc1F. The van der Waals surface area contributed by atoms with E-state index in [1.165, 1.54) is 13.2 Å². The molecule has 1 aliphatic rings. The highest BCUT2D eigenvalue weighted by molar-refractivity contribution is 6.28. The van der Waals surface area contributed by atoms with Gasteiger partial charge in [-0.1, -0.05) is 42.5 Å². The van der Waals surface area contributed by atoms with Gasteiger partial charge in [0.15, 0.2) is 11.6 Å². The number of cyclic esters (lactones) is 1. The first kappa shape index (κ1) is 22.6. The highest BCUT2D eigenvalue weighted by Crippen LogP contribution is 2.44. The van der Waals surface area contributed by atoms with Crippen LogP contribution in [0, 0.1) is 5.82 Å². The molecule has 0 atom stereocenters. The molecule has 5 rings (SSSR count). The predicted octanol–water partition coefficient (Wildman–Crippen LogP) is 6.21. The van der Waals surface area contributed by atoms with E-state index in [-0.39, 0.29) is 5.75 Å². The molecule has 1 aromatic heterocycles. The highest BCUT2D eigenvalue weighted by atomic mass is 19.1. The van der Waals surface area contributed by atoms with Crippen molar-refractivity contribution in [1.29, 1.82) is 0 Å². The van der Waals surface area contributed by atoms with Gasteiger partial charge in [0.2, 0.25) is 0 Å². The van der Waals surface area contributed by atoms with Crippen LogP contribution >= 0.6 is 0 Å². The van der Waals surface area contributed by atoms with Gasteiger partial charge in [0.05, 0.1) is 23.9 Å². The third-order valence-corrected chi connectivity index (χ3v) is 6.03. The summed E-state index contributed by atoms with van der Waals surface area (Å²) in [5, 5.41) is 1.08. The van der Waals surface area contributed by atoms with Crippen LogP contribution in [0.3, 0.4) is 0 Å². The summed E-state index contributed by atoms with van der Waals surface area (Å²) in [6, 6.07) is 23.7. The number of fused-ring (bicyclic) bond motifs is 1. The number of ether oxygens (including phenoxy) is 3. The second-order valence-electron chi connectivity index (χ2n) is 8.81. The summed E-state index contributed by atoms with van der Waals surface area (Å²) in [5.74, 6) is -0.137. The van der Waals surface area contributed by atoms with Gasteiger partial charge in [-0.25, -0.2) is 14.2 Å². The number of para-hydroxylation sites is 1. The predicted molar refractivity (Wildman–Crippen MR) is 132 cm³/mol. The van der Waals surface area contributed by atoms with Crippen molar-refractivity contribution in [3.63, 3.8) is 0 Å². The summed E-state index contributed by atoms with van der Waals surface area (Å²) in [5.41, 5.74) is 3.33. The molecule has 0 saturated heterocycles. The minimum Gasteiger partial charge on any atom is -0.494 e. The summed E-state index contributed by atoms with van der Waals surface area (Å²) in [4.78, 5) is 17.5. The molecule has 6 heteroatoms. The zero-order chi connectivity index (χ0) is 24.6. The van der Waals surface area contributed by atoms with Gasteiger partial charge in [0.1, 0.15) is 18.0 Å². The van der Waals surface area contributed by atoms with Crippen molar-refractivity contribution in [3.8, 4) is 11.5 Å². The third-order valence-electron chi connectivity index (χ3n) is 6.03. The van der Waals surface area contributed by atoms with Crippen molar-refractivity contribution in [2.24, 2.45) is 0 Å². The van der Waals surface area contributed by atoms with Crippen LogP contribution in [-0.4, -0.2) is 23.7 Å². The highest BCUT2D eigenvalue weighted by Gasteiger charge is 2.41. The maximum Gasteiger partial charge on any atom is 0.340 e. The molecule has 0 radical (unpaired) electrons. The molecule has 3 aromatic carbocycles. The number of aromatic nitrogens is 1. The van der Waals surface area contributed by atoms with Gasteiger partial charge in [0, 0.05) is 11.0 Å². The van der Waals surface area contributed by atoms with Crippen molar-refractivity contribution in [3.05, 3.63) is 102 Å². The minimum absolute atomic E-state index is 0.107. The summed E-state index contributed by atoms with van der Waals surface area (Å²) in [7, 11) is 1.41. The Labute approximate surface area is 202 Å². The van der Waals surface area contributed by atoms with E-state index in [1.54, 1.807) is 12.1 Å². The van der Waals surface area contributed by atoms with Crippen LogP contribution in [-0.2, 0) is 16.1 Å². The molecule has 4 aromatic rings. The lowest BCUT2D eigenvalue weighted by molar-refractivity contribution is -0.141. The fraction of sp³-hybridized carbons (Fsp3) is 0.172. The van der Waals surface area contributed by atoms with Crippen LogP contribution in [0.2, 0.25) is 0 Å². The smallest absolute Gasteiger partial charge is 0.340 e. The van der Waals surface area contributed by atoms with Gasteiger partial charge >= 0.3 is 5.97 Å². The van der Waals surface area contributed by atoms with E-state index >= 15 is 0 Å². The fourth-order valence-corrected chi connectivity index (χ4v) is 4.37. The van der Waals surface area contributed by atoms with Crippen molar-refractivity contribution in [1.82, 2.24) is 4.98 Å². The zero-order valence-electron chi connectivity index (χ0n) is 19.7. The molecular weight excluding hydrogens is 445 g/mol. The Morgan fingerprint density at radius 1 is 0.943 bits per heavy atom. The molecule has 2 heterocycles. The molecule has 0 N–H and O–H groups in total. The number of pyridine rings is 1. The van der Waals surface area contributed by atoms with E-state index in [9.17, 15) is 9.18 Å². The molecule has 0 unspecified atom stereocenters. The normalized spacial score (nSPS) is 14.8. The van der Waals surface area contributed by atoms with Gasteiger partial charge < -0.3 is 14.2 Å². The number of benzene rings is 3. The van der Waals surface area contributed by atoms with Gasteiger partial charge in [-0.3, -0.25) is 0 Å². The van der Waals surface area contributed by atoms with Crippen molar-refractivity contribution < 1.29 is 23.4 Å². The molecule has 0 saturated carbocycles. The van der Waals surface area contributed by atoms with E-state index in [4.69, 9.17) is 14.2 Å². The summed E-state index contributed by atoms with van der Waals surface area (Å²) in [6.45, 7) is 3.96. The Balaban J connectivity index is 1.43. The van der Waals surface area contributed by atoms with Crippen molar-refractivity contribution >= 4 is 28.0 Å². The first-order chi connectivity index (χ1) is 16.9. The quantitative estimate of drug-likeness (QED) is 0.314. The van der Waals surface area contributed by atoms with Crippen LogP contribution in [0.25, 0.3) is 22.0 Å². The van der Waals surface area contributed by atoms with Crippen LogP contribution < -0.4 is 9.47 Å². The van der Waals surface area contributed by atoms with Crippen molar-refractivity contribution in [2.45, 2.75) is 26.1 Å². The molecule has 1 aliphatic heterocycles. The molecule has 176 valence electrons. The Kier molecular flexibility index (Phi) is 5.73. The Hall–Kier alpha value is -4.19. The number of nitrogens with zero attached hydrogens (tertiary/aromatic N) is 1. The summed E-state index contributed by atoms with van der Waals surface area (Å²) < 4.78 is 30.7. The van der Waals surface area contributed by atoms with Gasteiger partial charge in [-0.15, -0.1) is 0 Å². The number of rotatable bonds is 6. The Morgan fingerprint density at radius 2 is 1.69 bits per heavy atom. The summed E-state index contributed by atoms with van der Waals surface area (Å²) >= 11 is 0. The van der Waals surface area contributed by atoms with E-state index in [1.807, 2.05) is 74.5 Å². The van der Waals surface area contributed by atoms with Crippen LogP contribution in [0.15, 0.2) is 78.9 Å². The van der Waals surface area contributed by atoms with Gasteiger partial charge in [0.25, 0.3) is 0 Å². The fourth-order valence-electron chi connectivity index (χ4n) is 4.37. The monoisotopic (exact) mass is 469 g/mol. The topological polar surface area (TPSA) is 57.7 Å². The first-order valence-corrected chi connectivity index (χ1v) is 11.3. The molecule has 0 amide bonds. The largest absolute Gasteiger partial charge is 0.494 e. The van der Waals surface area contributed by atoms with E-state index < -0.39 is 17.4 Å². The summed E-state index contributed by atoms with van der Waals surface area (Å²) in [6.07, 6.45) is 0. The number of halogens is 1. The van der Waals surface area contributed by atoms with E-state index in [2.05, 4.69) is 4.98 Å². The number of carbonyl (C=O) groups excluding carboxylic acids is 1. The lowest BCUT2D eigenvalue weighted by atomic mass is 9.87. The maximum absolute atomic E-state index is 14.0. The third kappa shape index (κ3) is 4.35. The average Bonchev–Trinajstić information content (AvgIpc) is 3.11. The number of methoxy groups -OCH3 is 1. The van der Waals surface area contributed by atoms with Gasteiger partial charge in [-0.2, -0.15) is 0 Å². The molecule has 0 aliphatic carbocycles. The molecule has 0 fully saturated rings. The van der Waals surface area contributed by atoms with Crippen LogP contribution in [0.4, 0.5) is 4.39 Å². The first-order valence-electron chi connectivity index (χ1n) is 11.3. The zero-order valence-corrected chi connectivity index (χ0v) is 19.7. The number of esters is 1. The second kappa shape index (κ2) is 8.87. The Morgan fingerprint density at radius 3 is 2.46 bits per heavy atom. The molecule has 0 spiro atoms. The molecular formula is C29H24FNO4. The Bertz CT molecular complexity index is 1460. The van der Waals surface area contributed by atoms with E-state index in [0.29, 0.717) is 34.6 Å².